The molecule has 1 aromatic carbocycles. The molecule has 28 heavy (non-hydrogen) atoms. The number of carbonyl (C=O) groups excluding carboxylic acids is 1. The minimum Gasteiger partial charge on any atom is -0.377 e. The molecular formula is C20H31N3O4S. The number of sulfonamides is 1. The van der Waals surface area contributed by atoms with Crippen LogP contribution in [0.1, 0.15) is 37.7 Å². The third kappa shape index (κ3) is 6.18. The first kappa shape index (κ1) is 21.1. The number of rotatable bonds is 6. The third-order valence-electron chi connectivity index (χ3n) is 5.41. The molecule has 2 saturated heterocycles. The van der Waals surface area contributed by atoms with Gasteiger partial charge in [0.1, 0.15) is 0 Å². The monoisotopic (exact) mass is 409 g/mol. The molecule has 3 rings (SSSR count). The summed E-state index contributed by atoms with van der Waals surface area (Å²) in [6.07, 6.45) is 4.41. The second-order valence-electron chi connectivity index (χ2n) is 7.83. The number of hydrogen-bond donors (Lipinski definition) is 2. The number of anilines is 1. The van der Waals surface area contributed by atoms with E-state index in [0.29, 0.717) is 26.2 Å². The summed E-state index contributed by atoms with van der Waals surface area (Å²) >= 11 is 0. The molecule has 2 amide bonds. The lowest BCUT2D eigenvalue weighted by Gasteiger charge is -2.33. The molecule has 0 saturated carbocycles. The number of ether oxygens (including phenoxy) is 1. The van der Waals surface area contributed by atoms with E-state index in [0.717, 1.165) is 43.4 Å². The Bertz CT molecular complexity index is 745. The quantitative estimate of drug-likeness (QED) is 0.756. The molecule has 2 fully saturated rings. The predicted octanol–water partition coefficient (Wildman–Crippen LogP) is 2.73. The van der Waals surface area contributed by atoms with E-state index >= 15 is 0 Å². The van der Waals surface area contributed by atoms with Gasteiger partial charge in [-0.2, -0.15) is 0 Å². The molecule has 2 unspecified atom stereocenters. The van der Waals surface area contributed by atoms with Crippen LogP contribution in [-0.2, 0) is 14.8 Å². The number of benzene rings is 1. The highest BCUT2D eigenvalue weighted by Gasteiger charge is 2.32. The van der Waals surface area contributed by atoms with Gasteiger partial charge in [0.05, 0.1) is 11.9 Å². The van der Waals surface area contributed by atoms with Crippen molar-refractivity contribution in [3.63, 3.8) is 0 Å². The van der Waals surface area contributed by atoms with Crippen molar-refractivity contribution in [1.29, 1.82) is 0 Å². The maximum absolute atomic E-state index is 12.8. The fourth-order valence-electron chi connectivity index (χ4n) is 3.77. The molecule has 2 N–H and O–H groups in total. The van der Waals surface area contributed by atoms with E-state index in [1.807, 2.05) is 31.2 Å². The standard InChI is InChI=1S/C20H31N3O4S/c1-16-7-9-18(10-8-16)22-20(24)21-13-17-5-4-11-23(14-17)28(25,26)15-19-6-2-3-12-27-19/h7-10,17,19H,2-6,11-15H2,1H3,(H2,21,22,24). The molecule has 2 aliphatic heterocycles. The van der Waals surface area contributed by atoms with Crippen LogP contribution in [0.5, 0.6) is 0 Å². The van der Waals surface area contributed by atoms with Gasteiger partial charge in [-0.1, -0.05) is 17.7 Å². The van der Waals surface area contributed by atoms with Gasteiger partial charge >= 0.3 is 6.03 Å². The lowest BCUT2D eigenvalue weighted by atomic mass is 10.00. The van der Waals surface area contributed by atoms with Crippen molar-refractivity contribution < 1.29 is 17.9 Å². The SMILES string of the molecule is Cc1ccc(NC(=O)NCC2CCCN(S(=O)(=O)CC3CCCCO3)C2)cc1. The molecule has 1 aromatic rings. The van der Waals surface area contributed by atoms with Crippen molar-refractivity contribution in [3.05, 3.63) is 29.8 Å². The van der Waals surface area contributed by atoms with Crippen LogP contribution >= 0.6 is 0 Å². The lowest BCUT2D eigenvalue weighted by molar-refractivity contribution is 0.0297. The number of nitrogens with one attached hydrogen (secondary N) is 2. The van der Waals surface area contributed by atoms with E-state index in [1.165, 1.54) is 0 Å². The summed E-state index contributed by atoms with van der Waals surface area (Å²) in [5.74, 6) is 0.195. The van der Waals surface area contributed by atoms with E-state index in [2.05, 4.69) is 10.6 Å². The summed E-state index contributed by atoms with van der Waals surface area (Å²) in [4.78, 5) is 12.1. The van der Waals surface area contributed by atoms with E-state index in [9.17, 15) is 13.2 Å². The molecule has 8 heteroatoms. The fourth-order valence-corrected chi connectivity index (χ4v) is 5.56. The zero-order valence-corrected chi connectivity index (χ0v) is 17.3. The van der Waals surface area contributed by atoms with Crippen molar-refractivity contribution in [2.24, 2.45) is 5.92 Å². The summed E-state index contributed by atoms with van der Waals surface area (Å²) < 4.78 is 32.7. The number of amides is 2. The second-order valence-corrected chi connectivity index (χ2v) is 9.85. The van der Waals surface area contributed by atoms with Crippen LogP contribution in [0.25, 0.3) is 0 Å². The van der Waals surface area contributed by atoms with Gasteiger partial charge in [0.25, 0.3) is 0 Å². The molecule has 2 heterocycles. The largest absolute Gasteiger partial charge is 0.377 e. The van der Waals surface area contributed by atoms with Crippen molar-refractivity contribution >= 4 is 21.7 Å². The van der Waals surface area contributed by atoms with Gasteiger partial charge in [-0.3, -0.25) is 0 Å². The molecule has 0 spiro atoms. The summed E-state index contributed by atoms with van der Waals surface area (Å²) in [5.41, 5.74) is 1.87. The topological polar surface area (TPSA) is 87.7 Å². The van der Waals surface area contributed by atoms with Crippen LogP contribution in [0.3, 0.4) is 0 Å². The Labute approximate surface area is 167 Å². The van der Waals surface area contributed by atoms with E-state index in [4.69, 9.17) is 4.74 Å². The van der Waals surface area contributed by atoms with Crippen LogP contribution in [0.15, 0.2) is 24.3 Å². The molecule has 0 aliphatic carbocycles. The van der Waals surface area contributed by atoms with E-state index in [-0.39, 0.29) is 23.8 Å². The maximum atomic E-state index is 12.8. The molecule has 0 radical (unpaired) electrons. The summed E-state index contributed by atoms with van der Waals surface area (Å²) in [6, 6.07) is 7.33. The Balaban J connectivity index is 1.46. The third-order valence-corrected chi connectivity index (χ3v) is 7.32. The van der Waals surface area contributed by atoms with Crippen LogP contribution in [-0.4, -0.2) is 56.9 Å². The minimum absolute atomic E-state index is 0.0705. The number of nitrogens with zero attached hydrogens (tertiary/aromatic N) is 1. The zero-order chi connectivity index (χ0) is 20.0. The van der Waals surface area contributed by atoms with Gasteiger partial charge < -0.3 is 15.4 Å². The van der Waals surface area contributed by atoms with Gasteiger partial charge in [-0.05, 0) is 57.1 Å². The highest BCUT2D eigenvalue weighted by Crippen LogP contribution is 2.22. The summed E-state index contributed by atoms with van der Waals surface area (Å²) in [7, 11) is -3.33. The van der Waals surface area contributed by atoms with Gasteiger partial charge in [0.2, 0.25) is 10.0 Å². The molecular weight excluding hydrogens is 378 g/mol. The number of aryl methyl sites for hydroxylation is 1. The molecule has 156 valence electrons. The summed E-state index contributed by atoms with van der Waals surface area (Å²) in [6.45, 7) is 4.13. The highest BCUT2D eigenvalue weighted by molar-refractivity contribution is 7.89. The Morgan fingerprint density at radius 3 is 2.68 bits per heavy atom. The first-order valence-corrected chi connectivity index (χ1v) is 11.7. The maximum Gasteiger partial charge on any atom is 0.319 e. The second kappa shape index (κ2) is 9.71. The van der Waals surface area contributed by atoms with Crippen molar-refractivity contribution in [2.75, 3.05) is 37.3 Å². The average molecular weight is 410 g/mol. The number of carbonyl (C=O) groups is 1. The Morgan fingerprint density at radius 2 is 1.96 bits per heavy atom. The molecule has 2 atom stereocenters. The van der Waals surface area contributed by atoms with Gasteiger partial charge in [0.15, 0.2) is 0 Å². The lowest BCUT2D eigenvalue weighted by Crippen LogP contribution is -2.46. The fraction of sp³-hybridized carbons (Fsp3) is 0.650. The van der Waals surface area contributed by atoms with Crippen LogP contribution in [0.4, 0.5) is 10.5 Å². The highest BCUT2D eigenvalue weighted by atomic mass is 32.2. The van der Waals surface area contributed by atoms with Crippen LogP contribution in [0.2, 0.25) is 0 Å². The molecule has 2 aliphatic rings. The van der Waals surface area contributed by atoms with Crippen LogP contribution < -0.4 is 10.6 Å². The van der Waals surface area contributed by atoms with Crippen LogP contribution in [0, 0.1) is 12.8 Å². The normalized spacial score (nSPS) is 23.9. The average Bonchev–Trinajstić information content (AvgIpc) is 2.69. The Morgan fingerprint density at radius 1 is 1.18 bits per heavy atom. The first-order chi connectivity index (χ1) is 13.4. The number of urea groups is 1. The minimum atomic E-state index is -3.33. The number of hydrogen-bond acceptors (Lipinski definition) is 4. The number of piperidine rings is 1. The van der Waals surface area contributed by atoms with Crippen molar-refractivity contribution in [2.45, 2.75) is 45.1 Å². The first-order valence-electron chi connectivity index (χ1n) is 10.1. The van der Waals surface area contributed by atoms with Gasteiger partial charge in [-0.15, -0.1) is 0 Å². The molecule has 7 nitrogen and oxygen atoms in total. The van der Waals surface area contributed by atoms with Crippen molar-refractivity contribution in [3.8, 4) is 0 Å². The Kier molecular flexibility index (Phi) is 7.31. The predicted molar refractivity (Wildman–Crippen MR) is 110 cm³/mol. The van der Waals surface area contributed by atoms with Crippen molar-refractivity contribution in [1.82, 2.24) is 9.62 Å². The van der Waals surface area contributed by atoms with Gasteiger partial charge in [-0.25, -0.2) is 17.5 Å². The molecule has 0 bridgehead atoms. The zero-order valence-electron chi connectivity index (χ0n) is 16.5. The molecule has 0 aromatic heterocycles. The smallest absolute Gasteiger partial charge is 0.319 e. The summed E-state index contributed by atoms with van der Waals surface area (Å²) in [5, 5.41) is 5.68. The Hall–Kier alpha value is -1.64. The van der Waals surface area contributed by atoms with E-state index < -0.39 is 10.0 Å². The van der Waals surface area contributed by atoms with Gasteiger partial charge in [0, 0.05) is 31.9 Å². The van der Waals surface area contributed by atoms with E-state index in [1.54, 1.807) is 4.31 Å².